The Balaban J connectivity index is 2.19. The van der Waals surface area contributed by atoms with Crippen molar-refractivity contribution in [3.8, 4) is 0 Å². The summed E-state index contributed by atoms with van der Waals surface area (Å²) in [5.74, 6) is 0.0336. The van der Waals surface area contributed by atoms with Gasteiger partial charge in [-0.15, -0.1) is 11.3 Å². The molecular formula is C10H17N3OS. The molecule has 0 spiro atoms. The summed E-state index contributed by atoms with van der Waals surface area (Å²) in [6, 6.07) is 0.199. The van der Waals surface area contributed by atoms with Gasteiger partial charge in [-0.25, -0.2) is 4.98 Å². The summed E-state index contributed by atoms with van der Waals surface area (Å²) < 4.78 is 0. The Morgan fingerprint density at radius 3 is 2.87 bits per heavy atom. The first-order valence-electron chi connectivity index (χ1n) is 4.99. The van der Waals surface area contributed by atoms with E-state index in [0.717, 1.165) is 9.88 Å². The largest absolute Gasteiger partial charge is 0.353 e. The summed E-state index contributed by atoms with van der Waals surface area (Å²) in [4.78, 5) is 16.6. The SMILES string of the molecule is Cc1ncc(CNCC(=O)NC(C)C)s1. The van der Waals surface area contributed by atoms with Crippen LogP contribution in [0.3, 0.4) is 0 Å². The molecule has 4 nitrogen and oxygen atoms in total. The average Bonchev–Trinajstić information content (AvgIpc) is 2.50. The molecule has 0 aliphatic heterocycles. The monoisotopic (exact) mass is 227 g/mol. The molecule has 1 aromatic rings. The zero-order valence-corrected chi connectivity index (χ0v) is 10.1. The van der Waals surface area contributed by atoms with Crippen molar-refractivity contribution in [3.05, 3.63) is 16.1 Å². The number of amides is 1. The number of thiazole rings is 1. The smallest absolute Gasteiger partial charge is 0.234 e. The second-order valence-corrected chi connectivity index (χ2v) is 4.99. The van der Waals surface area contributed by atoms with Crippen LogP contribution in [-0.2, 0) is 11.3 Å². The van der Waals surface area contributed by atoms with Gasteiger partial charge in [0, 0.05) is 23.7 Å². The molecule has 0 aliphatic carbocycles. The van der Waals surface area contributed by atoms with Crippen molar-refractivity contribution in [2.45, 2.75) is 33.4 Å². The van der Waals surface area contributed by atoms with Crippen molar-refractivity contribution in [2.24, 2.45) is 0 Å². The van der Waals surface area contributed by atoms with Crippen molar-refractivity contribution in [1.82, 2.24) is 15.6 Å². The quantitative estimate of drug-likeness (QED) is 0.791. The highest BCUT2D eigenvalue weighted by Gasteiger charge is 2.03. The highest BCUT2D eigenvalue weighted by molar-refractivity contribution is 7.11. The van der Waals surface area contributed by atoms with Crippen LogP contribution in [0.25, 0.3) is 0 Å². The third-order valence-electron chi connectivity index (χ3n) is 1.70. The second kappa shape index (κ2) is 5.82. The van der Waals surface area contributed by atoms with Crippen LogP contribution < -0.4 is 10.6 Å². The van der Waals surface area contributed by atoms with Gasteiger partial charge in [0.15, 0.2) is 0 Å². The highest BCUT2D eigenvalue weighted by atomic mass is 32.1. The first-order valence-corrected chi connectivity index (χ1v) is 5.81. The fourth-order valence-electron chi connectivity index (χ4n) is 1.16. The summed E-state index contributed by atoms with van der Waals surface area (Å²) in [6.45, 7) is 6.93. The van der Waals surface area contributed by atoms with E-state index in [1.54, 1.807) is 11.3 Å². The predicted molar refractivity (Wildman–Crippen MR) is 61.8 cm³/mol. The lowest BCUT2D eigenvalue weighted by Gasteiger charge is -2.08. The van der Waals surface area contributed by atoms with Gasteiger partial charge in [0.25, 0.3) is 0 Å². The molecule has 1 amide bonds. The lowest BCUT2D eigenvalue weighted by atomic mass is 10.4. The van der Waals surface area contributed by atoms with Gasteiger partial charge < -0.3 is 10.6 Å². The molecule has 5 heteroatoms. The van der Waals surface area contributed by atoms with Crippen LogP contribution in [0.2, 0.25) is 0 Å². The molecule has 1 heterocycles. The minimum Gasteiger partial charge on any atom is -0.353 e. The Hall–Kier alpha value is -0.940. The first-order chi connectivity index (χ1) is 7.08. The molecule has 0 bridgehead atoms. The van der Waals surface area contributed by atoms with Crippen LogP contribution in [0.15, 0.2) is 6.20 Å². The van der Waals surface area contributed by atoms with Crippen molar-refractivity contribution < 1.29 is 4.79 Å². The van der Waals surface area contributed by atoms with Crippen LogP contribution in [0, 0.1) is 6.92 Å². The molecule has 0 atom stereocenters. The number of carbonyl (C=O) groups excluding carboxylic acids is 1. The maximum Gasteiger partial charge on any atom is 0.234 e. The van der Waals surface area contributed by atoms with Crippen LogP contribution in [0.4, 0.5) is 0 Å². The number of rotatable bonds is 5. The number of hydrogen-bond acceptors (Lipinski definition) is 4. The Labute approximate surface area is 94.1 Å². The molecule has 1 rings (SSSR count). The normalized spacial score (nSPS) is 10.7. The second-order valence-electron chi connectivity index (χ2n) is 3.67. The van der Waals surface area contributed by atoms with Gasteiger partial charge in [-0.1, -0.05) is 0 Å². The van der Waals surface area contributed by atoms with E-state index in [4.69, 9.17) is 0 Å². The Morgan fingerprint density at radius 2 is 2.33 bits per heavy atom. The van der Waals surface area contributed by atoms with E-state index in [9.17, 15) is 4.79 Å². The molecule has 0 unspecified atom stereocenters. The standard InChI is InChI=1S/C10H17N3OS/c1-7(2)13-10(14)6-11-4-9-5-12-8(3)15-9/h5,7,11H,4,6H2,1-3H3,(H,13,14). The van der Waals surface area contributed by atoms with Gasteiger partial charge in [0.1, 0.15) is 0 Å². The van der Waals surface area contributed by atoms with E-state index in [2.05, 4.69) is 15.6 Å². The van der Waals surface area contributed by atoms with Crippen LogP contribution in [0.5, 0.6) is 0 Å². The molecule has 0 fully saturated rings. The molecule has 2 N–H and O–H groups in total. The van der Waals surface area contributed by atoms with Crippen LogP contribution in [-0.4, -0.2) is 23.5 Å². The van der Waals surface area contributed by atoms with E-state index in [-0.39, 0.29) is 11.9 Å². The van der Waals surface area contributed by atoms with Gasteiger partial charge in [-0.3, -0.25) is 4.79 Å². The Morgan fingerprint density at radius 1 is 1.60 bits per heavy atom. The summed E-state index contributed by atoms with van der Waals surface area (Å²) in [5.41, 5.74) is 0. The van der Waals surface area contributed by atoms with Crippen molar-refractivity contribution in [3.63, 3.8) is 0 Å². The maximum atomic E-state index is 11.3. The fraction of sp³-hybridized carbons (Fsp3) is 0.600. The zero-order valence-electron chi connectivity index (χ0n) is 9.33. The summed E-state index contributed by atoms with van der Waals surface area (Å²) in [6.07, 6.45) is 1.84. The van der Waals surface area contributed by atoms with E-state index < -0.39 is 0 Å². The lowest BCUT2D eigenvalue weighted by Crippen LogP contribution is -2.37. The van der Waals surface area contributed by atoms with Gasteiger partial charge in [-0.2, -0.15) is 0 Å². The maximum absolute atomic E-state index is 11.3. The zero-order chi connectivity index (χ0) is 11.3. The molecule has 0 radical (unpaired) electrons. The highest BCUT2D eigenvalue weighted by Crippen LogP contribution is 2.10. The Kier molecular flexibility index (Phi) is 4.71. The number of aromatic nitrogens is 1. The number of hydrogen-bond donors (Lipinski definition) is 2. The van der Waals surface area contributed by atoms with E-state index in [1.807, 2.05) is 27.0 Å². The van der Waals surface area contributed by atoms with E-state index in [0.29, 0.717) is 13.1 Å². The Bertz CT molecular complexity index is 322. The first kappa shape index (κ1) is 12.1. The van der Waals surface area contributed by atoms with Crippen molar-refractivity contribution in [1.29, 1.82) is 0 Å². The third-order valence-corrected chi connectivity index (χ3v) is 2.62. The summed E-state index contributed by atoms with van der Waals surface area (Å²) >= 11 is 1.65. The van der Waals surface area contributed by atoms with Crippen LogP contribution >= 0.6 is 11.3 Å². The van der Waals surface area contributed by atoms with Crippen molar-refractivity contribution >= 4 is 17.2 Å². The topological polar surface area (TPSA) is 54.0 Å². The number of aryl methyl sites for hydroxylation is 1. The molecule has 0 aromatic carbocycles. The summed E-state index contributed by atoms with van der Waals surface area (Å²) in [5, 5.41) is 6.95. The van der Waals surface area contributed by atoms with E-state index >= 15 is 0 Å². The number of nitrogens with one attached hydrogen (secondary N) is 2. The number of carbonyl (C=O) groups is 1. The molecule has 0 aliphatic rings. The van der Waals surface area contributed by atoms with Crippen LogP contribution in [0.1, 0.15) is 23.7 Å². The lowest BCUT2D eigenvalue weighted by molar-refractivity contribution is -0.120. The molecule has 0 saturated carbocycles. The average molecular weight is 227 g/mol. The minimum absolute atomic E-state index is 0.0336. The molecular weight excluding hydrogens is 210 g/mol. The van der Waals surface area contributed by atoms with Gasteiger partial charge >= 0.3 is 0 Å². The van der Waals surface area contributed by atoms with E-state index in [1.165, 1.54) is 0 Å². The minimum atomic E-state index is 0.0336. The third kappa shape index (κ3) is 4.90. The molecule has 84 valence electrons. The van der Waals surface area contributed by atoms with Crippen molar-refractivity contribution in [2.75, 3.05) is 6.54 Å². The van der Waals surface area contributed by atoms with Gasteiger partial charge in [0.05, 0.1) is 11.6 Å². The van der Waals surface area contributed by atoms with Gasteiger partial charge in [-0.05, 0) is 20.8 Å². The number of nitrogens with zero attached hydrogens (tertiary/aromatic N) is 1. The summed E-state index contributed by atoms with van der Waals surface area (Å²) in [7, 11) is 0. The molecule has 15 heavy (non-hydrogen) atoms. The predicted octanol–water partition coefficient (Wildman–Crippen LogP) is 1.07. The van der Waals surface area contributed by atoms with Gasteiger partial charge in [0.2, 0.25) is 5.91 Å². The molecule has 0 saturated heterocycles. The fourth-order valence-corrected chi connectivity index (χ4v) is 1.92. The molecule has 1 aromatic heterocycles.